The highest BCUT2D eigenvalue weighted by Crippen LogP contribution is 2.29. The lowest BCUT2D eigenvalue weighted by Gasteiger charge is -2.39. The van der Waals surface area contributed by atoms with Gasteiger partial charge in [0.1, 0.15) is 0 Å². The van der Waals surface area contributed by atoms with Crippen molar-refractivity contribution in [3.05, 3.63) is 39.9 Å². The summed E-state index contributed by atoms with van der Waals surface area (Å²) in [6, 6.07) is 6.78. The molecule has 0 aliphatic carbocycles. The van der Waals surface area contributed by atoms with Crippen molar-refractivity contribution in [1.82, 2.24) is 10.2 Å². The molecule has 1 fully saturated rings. The molecule has 0 amide bonds. The second kappa shape index (κ2) is 7.68. The van der Waals surface area contributed by atoms with Crippen molar-refractivity contribution in [1.29, 1.82) is 0 Å². The first-order valence-corrected chi connectivity index (χ1v) is 8.81. The van der Waals surface area contributed by atoms with Gasteiger partial charge in [-0.05, 0) is 20.8 Å². The zero-order valence-electron chi connectivity index (χ0n) is 13.9. The molecule has 7 heteroatoms. The maximum atomic E-state index is 11.1. The average Bonchev–Trinajstić information content (AvgIpc) is 2.50. The molecule has 6 nitrogen and oxygen atoms in total. The molecule has 126 valence electrons. The van der Waals surface area contributed by atoms with Gasteiger partial charge in [0.15, 0.2) is 5.96 Å². The van der Waals surface area contributed by atoms with Crippen LogP contribution in [0.5, 0.6) is 0 Å². The summed E-state index contributed by atoms with van der Waals surface area (Å²) in [7, 11) is 0. The first-order chi connectivity index (χ1) is 10.9. The van der Waals surface area contributed by atoms with Gasteiger partial charge in [0.2, 0.25) is 0 Å². The zero-order chi connectivity index (χ0) is 16.9. The normalized spacial score (nSPS) is 17.9. The van der Waals surface area contributed by atoms with Crippen molar-refractivity contribution < 1.29 is 4.92 Å². The lowest BCUT2D eigenvalue weighted by Crippen LogP contribution is -2.50. The number of para-hydroxylation sites is 1. The van der Waals surface area contributed by atoms with Crippen LogP contribution in [0.1, 0.15) is 26.3 Å². The summed E-state index contributed by atoms with van der Waals surface area (Å²) >= 11 is 1.97. The second-order valence-corrected chi connectivity index (χ2v) is 7.89. The predicted molar refractivity (Wildman–Crippen MR) is 96.0 cm³/mol. The minimum atomic E-state index is -0.349. The molecular weight excluding hydrogens is 312 g/mol. The third-order valence-electron chi connectivity index (χ3n) is 3.65. The molecule has 0 unspecified atom stereocenters. The summed E-state index contributed by atoms with van der Waals surface area (Å²) in [5, 5.41) is 14.4. The van der Waals surface area contributed by atoms with Gasteiger partial charge in [0, 0.05) is 36.2 Å². The molecule has 0 saturated carbocycles. The van der Waals surface area contributed by atoms with Gasteiger partial charge in [0.05, 0.1) is 17.0 Å². The SMILES string of the molecule is CCNC(=NCc1ccccc1[N+](=O)[O-])N1CCSC(C)(C)C1. The predicted octanol–water partition coefficient (Wildman–Crippen LogP) is 2.89. The summed E-state index contributed by atoms with van der Waals surface area (Å²) in [4.78, 5) is 17.6. The van der Waals surface area contributed by atoms with E-state index in [2.05, 4.69) is 29.1 Å². The molecule has 1 saturated heterocycles. The molecule has 0 bridgehead atoms. The molecule has 0 radical (unpaired) electrons. The van der Waals surface area contributed by atoms with Gasteiger partial charge in [0.25, 0.3) is 5.69 Å². The molecule has 2 rings (SSSR count). The minimum Gasteiger partial charge on any atom is -0.357 e. The lowest BCUT2D eigenvalue weighted by atomic mass is 10.2. The fourth-order valence-electron chi connectivity index (χ4n) is 2.61. The number of nitro groups is 1. The number of thioether (sulfide) groups is 1. The summed E-state index contributed by atoms with van der Waals surface area (Å²) in [5.74, 6) is 1.89. The van der Waals surface area contributed by atoms with Gasteiger partial charge in [-0.25, -0.2) is 4.99 Å². The van der Waals surface area contributed by atoms with Gasteiger partial charge in [-0.1, -0.05) is 18.2 Å². The molecule has 0 spiro atoms. The molecule has 23 heavy (non-hydrogen) atoms. The molecule has 0 aromatic heterocycles. The Kier molecular flexibility index (Phi) is 5.87. The Morgan fingerprint density at radius 3 is 2.87 bits per heavy atom. The van der Waals surface area contributed by atoms with E-state index in [1.807, 2.05) is 24.8 Å². The van der Waals surface area contributed by atoms with E-state index in [0.717, 1.165) is 31.3 Å². The lowest BCUT2D eigenvalue weighted by molar-refractivity contribution is -0.385. The van der Waals surface area contributed by atoms with Crippen molar-refractivity contribution in [2.75, 3.05) is 25.4 Å². The Hall–Kier alpha value is -1.76. The summed E-state index contributed by atoms with van der Waals surface area (Å²) in [5.41, 5.74) is 0.764. The highest BCUT2D eigenvalue weighted by molar-refractivity contribution is 8.00. The zero-order valence-corrected chi connectivity index (χ0v) is 14.7. The Bertz CT molecular complexity index is 589. The van der Waals surface area contributed by atoms with Crippen LogP contribution in [0.2, 0.25) is 0 Å². The van der Waals surface area contributed by atoms with Crippen LogP contribution in [0.15, 0.2) is 29.3 Å². The van der Waals surface area contributed by atoms with Gasteiger partial charge < -0.3 is 10.2 Å². The average molecular weight is 336 g/mol. The summed E-state index contributed by atoms with van der Waals surface area (Å²) in [6.07, 6.45) is 0. The topological polar surface area (TPSA) is 70.8 Å². The number of hydrogen-bond donors (Lipinski definition) is 1. The molecule has 1 N–H and O–H groups in total. The van der Waals surface area contributed by atoms with Gasteiger partial charge in [-0.3, -0.25) is 10.1 Å². The largest absolute Gasteiger partial charge is 0.357 e. The standard InChI is InChI=1S/C16H24N4O2S/c1-4-17-15(19-9-10-23-16(2,3)12-19)18-11-13-7-5-6-8-14(13)20(21)22/h5-8H,4,9-12H2,1-3H3,(H,17,18). The van der Waals surface area contributed by atoms with E-state index >= 15 is 0 Å². The first kappa shape index (κ1) is 17.6. The molecule has 0 atom stereocenters. The van der Waals surface area contributed by atoms with Crippen molar-refractivity contribution in [2.24, 2.45) is 4.99 Å². The van der Waals surface area contributed by atoms with E-state index in [1.54, 1.807) is 12.1 Å². The summed E-state index contributed by atoms with van der Waals surface area (Å²) in [6.45, 7) is 9.44. The fourth-order valence-corrected chi connectivity index (χ4v) is 3.72. The number of aliphatic imine (C=N–C) groups is 1. The molecule has 1 aromatic carbocycles. The van der Waals surface area contributed by atoms with Crippen molar-refractivity contribution >= 4 is 23.4 Å². The van der Waals surface area contributed by atoms with E-state index in [1.165, 1.54) is 6.07 Å². The fraction of sp³-hybridized carbons (Fsp3) is 0.562. The van der Waals surface area contributed by atoms with Crippen LogP contribution >= 0.6 is 11.8 Å². The Morgan fingerprint density at radius 2 is 2.22 bits per heavy atom. The van der Waals surface area contributed by atoms with Gasteiger partial charge in [-0.2, -0.15) is 11.8 Å². The van der Waals surface area contributed by atoms with E-state index in [4.69, 9.17) is 0 Å². The third kappa shape index (κ3) is 4.86. The van der Waals surface area contributed by atoms with Gasteiger partial charge in [-0.15, -0.1) is 0 Å². The molecular formula is C16H24N4O2S. The van der Waals surface area contributed by atoms with E-state index in [0.29, 0.717) is 12.1 Å². The van der Waals surface area contributed by atoms with Gasteiger partial charge >= 0.3 is 0 Å². The van der Waals surface area contributed by atoms with Crippen molar-refractivity contribution in [3.8, 4) is 0 Å². The van der Waals surface area contributed by atoms with Crippen LogP contribution in [-0.2, 0) is 6.54 Å². The second-order valence-electron chi connectivity index (χ2n) is 6.09. The number of nitrogens with zero attached hydrogens (tertiary/aromatic N) is 3. The maximum Gasteiger partial charge on any atom is 0.274 e. The Labute approximate surface area is 141 Å². The van der Waals surface area contributed by atoms with Crippen LogP contribution in [0.4, 0.5) is 5.69 Å². The highest BCUT2D eigenvalue weighted by Gasteiger charge is 2.28. The Morgan fingerprint density at radius 1 is 1.48 bits per heavy atom. The van der Waals surface area contributed by atoms with Crippen molar-refractivity contribution in [2.45, 2.75) is 32.1 Å². The Balaban J connectivity index is 2.18. The highest BCUT2D eigenvalue weighted by atomic mass is 32.2. The number of guanidine groups is 1. The number of hydrogen-bond acceptors (Lipinski definition) is 4. The third-order valence-corrected chi connectivity index (χ3v) is 4.94. The number of benzene rings is 1. The molecule has 1 aliphatic heterocycles. The van der Waals surface area contributed by atoms with Crippen LogP contribution in [0.3, 0.4) is 0 Å². The van der Waals surface area contributed by atoms with Crippen LogP contribution in [0, 0.1) is 10.1 Å². The minimum absolute atomic E-state index is 0.127. The smallest absolute Gasteiger partial charge is 0.274 e. The molecule has 1 aliphatic rings. The first-order valence-electron chi connectivity index (χ1n) is 7.82. The molecule has 1 aromatic rings. The summed E-state index contributed by atoms with van der Waals surface area (Å²) < 4.78 is 0.188. The van der Waals surface area contributed by atoms with Crippen LogP contribution < -0.4 is 5.32 Å². The van der Waals surface area contributed by atoms with E-state index < -0.39 is 0 Å². The maximum absolute atomic E-state index is 11.1. The monoisotopic (exact) mass is 336 g/mol. The number of nitro benzene ring substituents is 1. The number of rotatable bonds is 4. The molecule has 1 heterocycles. The number of nitrogens with one attached hydrogen (secondary N) is 1. The van der Waals surface area contributed by atoms with E-state index in [9.17, 15) is 10.1 Å². The van der Waals surface area contributed by atoms with Crippen molar-refractivity contribution in [3.63, 3.8) is 0 Å². The van der Waals surface area contributed by atoms with Crippen LogP contribution in [-0.4, -0.2) is 45.9 Å². The van der Waals surface area contributed by atoms with Crippen LogP contribution in [0.25, 0.3) is 0 Å². The van der Waals surface area contributed by atoms with E-state index in [-0.39, 0.29) is 15.4 Å². The quantitative estimate of drug-likeness (QED) is 0.396.